The van der Waals surface area contributed by atoms with Gasteiger partial charge in [0.25, 0.3) is 0 Å². The van der Waals surface area contributed by atoms with Crippen LogP contribution in [0.5, 0.6) is 0 Å². The summed E-state index contributed by atoms with van der Waals surface area (Å²) in [5.74, 6) is 0. The molecule has 7 aromatic rings. The Hall–Kier alpha value is -4.16. The first-order chi connectivity index (χ1) is 16.9. The highest BCUT2D eigenvalue weighted by atomic mass is 14.3. The van der Waals surface area contributed by atoms with Crippen LogP contribution >= 0.6 is 0 Å². The molecule has 156 valence electrons. The summed E-state index contributed by atoms with van der Waals surface area (Å²) < 4.78 is 0. The molecule has 0 spiro atoms. The quantitative estimate of drug-likeness (QED) is 0.167. The minimum Gasteiger partial charge on any atom is -0.0619 e. The normalized spacial score (nSPS) is 13.6. The molecule has 0 aromatic heterocycles. The molecule has 0 saturated heterocycles. The lowest BCUT2D eigenvalue weighted by Gasteiger charge is -2.26. The van der Waals surface area contributed by atoms with Crippen LogP contribution in [0.2, 0.25) is 0 Å². The van der Waals surface area contributed by atoms with Crippen molar-refractivity contribution in [2.45, 2.75) is 12.8 Å². The summed E-state index contributed by atoms with van der Waals surface area (Å²) in [6.07, 6.45) is 2.03. The molecule has 0 N–H and O–H groups in total. The molecule has 34 heavy (non-hydrogen) atoms. The van der Waals surface area contributed by atoms with E-state index >= 15 is 0 Å². The van der Waals surface area contributed by atoms with Crippen LogP contribution in [0, 0.1) is 0 Å². The van der Waals surface area contributed by atoms with Gasteiger partial charge in [0.15, 0.2) is 0 Å². The zero-order valence-electron chi connectivity index (χ0n) is 18.7. The minimum atomic E-state index is 1.01. The van der Waals surface area contributed by atoms with Crippen LogP contribution in [-0.4, -0.2) is 0 Å². The first-order valence-corrected chi connectivity index (χ1v) is 12.2. The lowest BCUT2D eigenvalue weighted by atomic mass is 9.77. The lowest BCUT2D eigenvalue weighted by Crippen LogP contribution is -2.03. The Labute approximate surface area is 197 Å². The molecule has 2 aliphatic carbocycles. The fourth-order valence-electron chi connectivity index (χ4n) is 7.06. The third-order valence-corrected chi connectivity index (χ3v) is 8.45. The number of benzene rings is 7. The molecule has 0 nitrogen and oxygen atoms in total. The maximum Gasteiger partial charge on any atom is -0.00132 e. The Morgan fingerprint density at radius 3 is 1.18 bits per heavy atom. The molecule has 7 aromatic carbocycles. The van der Waals surface area contributed by atoms with Crippen LogP contribution < -0.4 is 0 Å². The van der Waals surface area contributed by atoms with Crippen molar-refractivity contribution in [2.24, 2.45) is 0 Å². The number of hydrogen-bond acceptors (Lipinski definition) is 0. The smallest absolute Gasteiger partial charge is 0.00132 e. The average molecular weight is 429 g/mol. The molecule has 0 unspecified atom stereocenters. The van der Waals surface area contributed by atoms with Crippen molar-refractivity contribution in [1.29, 1.82) is 0 Å². The second kappa shape index (κ2) is 5.85. The maximum atomic E-state index is 2.39. The summed E-state index contributed by atoms with van der Waals surface area (Å²) in [6, 6.07) is 36.9. The van der Waals surface area contributed by atoms with E-state index in [1.807, 2.05) is 0 Å². The van der Waals surface area contributed by atoms with E-state index in [2.05, 4.69) is 97.1 Å². The van der Waals surface area contributed by atoms with Crippen LogP contribution in [-0.2, 0) is 12.8 Å². The van der Waals surface area contributed by atoms with Crippen LogP contribution in [0.25, 0.3) is 65.3 Å². The van der Waals surface area contributed by atoms with Gasteiger partial charge >= 0.3 is 0 Å². The average Bonchev–Trinajstić information content (AvgIpc) is 2.90. The van der Waals surface area contributed by atoms with Crippen LogP contribution in [0.1, 0.15) is 22.3 Å². The SMILES string of the molecule is c1ccc2c(c1)Cc1ccc3c4ccc5c6c(ccc(c7ccc-2c1c37)c64)-c1ccccc1C5. The third kappa shape index (κ3) is 1.93. The van der Waals surface area contributed by atoms with Crippen molar-refractivity contribution < 1.29 is 0 Å². The largest absolute Gasteiger partial charge is 0.0619 e. The van der Waals surface area contributed by atoms with Crippen LogP contribution in [0.3, 0.4) is 0 Å². The molecular weight excluding hydrogens is 408 g/mol. The van der Waals surface area contributed by atoms with E-state index in [1.165, 1.54) is 87.6 Å². The standard InChI is InChI=1S/C34H20/c1-3-7-23-19(5-1)17-21-9-11-27-28-12-10-22-18-20-6-2-4-8-24(20)26-14-16-30(34(28)32(22)26)29-15-13-25(23)31(21)33(27)29/h1-16H,17-18H2. The lowest BCUT2D eigenvalue weighted by molar-refractivity contribution is 1.20. The van der Waals surface area contributed by atoms with E-state index in [9.17, 15) is 0 Å². The Kier molecular flexibility index (Phi) is 2.98. The highest BCUT2D eigenvalue weighted by molar-refractivity contribution is 6.36. The van der Waals surface area contributed by atoms with Gasteiger partial charge in [-0.3, -0.25) is 0 Å². The molecule has 0 amide bonds. The monoisotopic (exact) mass is 428 g/mol. The molecule has 0 atom stereocenters. The zero-order chi connectivity index (χ0) is 22.0. The van der Waals surface area contributed by atoms with Crippen molar-refractivity contribution in [1.82, 2.24) is 0 Å². The molecule has 9 rings (SSSR count). The first kappa shape index (κ1) is 17.3. The highest BCUT2D eigenvalue weighted by Gasteiger charge is 2.25. The van der Waals surface area contributed by atoms with Gasteiger partial charge in [0.2, 0.25) is 0 Å². The maximum absolute atomic E-state index is 2.39. The summed E-state index contributed by atoms with van der Waals surface area (Å²) >= 11 is 0. The van der Waals surface area contributed by atoms with E-state index in [0.717, 1.165) is 12.8 Å². The van der Waals surface area contributed by atoms with E-state index in [-0.39, 0.29) is 0 Å². The molecule has 0 heterocycles. The second-order valence-corrected chi connectivity index (χ2v) is 10.0. The summed E-state index contributed by atoms with van der Waals surface area (Å²) in [5.41, 5.74) is 11.4. The fraction of sp³-hybridized carbons (Fsp3) is 0.0588. The number of rotatable bonds is 0. The van der Waals surface area contributed by atoms with Gasteiger partial charge in [0, 0.05) is 0 Å². The topological polar surface area (TPSA) is 0 Å². The Morgan fingerprint density at radius 2 is 0.706 bits per heavy atom. The van der Waals surface area contributed by atoms with Crippen molar-refractivity contribution in [3.8, 4) is 22.3 Å². The van der Waals surface area contributed by atoms with E-state index < -0.39 is 0 Å². The van der Waals surface area contributed by atoms with Gasteiger partial charge in [-0.1, -0.05) is 97.1 Å². The molecule has 0 fully saturated rings. The molecule has 2 aliphatic rings. The van der Waals surface area contributed by atoms with Gasteiger partial charge < -0.3 is 0 Å². The van der Waals surface area contributed by atoms with Gasteiger partial charge in [0.1, 0.15) is 0 Å². The first-order valence-electron chi connectivity index (χ1n) is 12.2. The molecule has 0 saturated carbocycles. The van der Waals surface area contributed by atoms with Gasteiger partial charge in [-0.05, 0) is 100 Å². The Morgan fingerprint density at radius 1 is 0.294 bits per heavy atom. The van der Waals surface area contributed by atoms with Crippen LogP contribution in [0.15, 0.2) is 97.1 Å². The van der Waals surface area contributed by atoms with E-state index in [0.29, 0.717) is 0 Å². The fourth-order valence-corrected chi connectivity index (χ4v) is 7.06. The summed E-state index contributed by atoms with van der Waals surface area (Å²) in [4.78, 5) is 0. The predicted molar refractivity (Wildman–Crippen MR) is 144 cm³/mol. The summed E-state index contributed by atoms with van der Waals surface area (Å²) in [6.45, 7) is 0. The van der Waals surface area contributed by atoms with Crippen molar-refractivity contribution in [3.05, 3.63) is 119 Å². The third-order valence-electron chi connectivity index (χ3n) is 8.45. The summed E-state index contributed by atoms with van der Waals surface area (Å²) in [7, 11) is 0. The van der Waals surface area contributed by atoms with E-state index in [4.69, 9.17) is 0 Å². The zero-order valence-corrected chi connectivity index (χ0v) is 18.7. The molecule has 0 heteroatoms. The second-order valence-electron chi connectivity index (χ2n) is 10.0. The molecule has 0 aliphatic heterocycles. The Bertz CT molecular complexity index is 1840. The number of fused-ring (bicyclic) bond motifs is 6. The van der Waals surface area contributed by atoms with Crippen molar-refractivity contribution >= 4 is 43.1 Å². The summed E-state index contributed by atoms with van der Waals surface area (Å²) in [5, 5.41) is 11.4. The van der Waals surface area contributed by atoms with Gasteiger partial charge in [-0.2, -0.15) is 0 Å². The molecule has 0 bridgehead atoms. The van der Waals surface area contributed by atoms with Gasteiger partial charge in [-0.25, -0.2) is 0 Å². The van der Waals surface area contributed by atoms with Crippen molar-refractivity contribution in [3.63, 3.8) is 0 Å². The van der Waals surface area contributed by atoms with Gasteiger partial charge in [-0.15, -0.1) is 0 Å². The number of hydrogen-bond donors (Lipinski definition) is 0. The van der Waals surface area contributed by atoms with Crippen LogP contribution in [0.4, 0.5) is 0 Å². The van der Waals surface area contributed by atoms with E-state index in [1.54, 1.807) is 0 Å². The van der Waals surface area contributed by atoms with Gasteiger partial charge in [0.05, 0.1) is 0 Å². The van der Waals surface area contributed by atoms with Crippen molar-refractivity contribution in [2.75, 3.05) is 0 Å². The molecule has 0 radical (unpaired) electrons. The predicted octanol–water partition coefficient (Wildman–Crippen LogP) is 8.88. The Balaban J connectivity index is 1.51. The highest BCUT2D eigenvalue weighted by Crippen LogP contribution is 2.50. The minimum absolute atomic E-state index is 1.01. The molecular formula is C34H20.